The topological polar surface area (TPSA) is 50.8 Å². The Morgan fingerprint density at radius 3 is 2.54 bits per heavy atom. The molecule has 0 unspecified atom stereocenters. The maximum Gasteiger partial charge on any atom is 0.251 e. The van der Waals surface area contributed by atoms with Gasteiger partial charge in [0, 0.05) is 25.2 Å². The normalized spacial score (nSPS) is 15.5. The van der Waals surface area contributed by atoms with Gasteiger partial charge in [-0.3, -0.25) is 4.79 Å². The van der Waals surface area contributed by atoms with Crippen LogP contribution in [-0.4, -0.2) is 44.2 Å². The highest BCUT2D eigenvalue weighted by atomic mass is 16.5. The van der Waals surface area contributed by atoms with Gasteiger partial charge in [-0.1, -0.05) is 18.2 Å². The van der Waals surface area contributed by atoms with E-state index in [0.29, 0.717) is 24.0 Å². The highest BCUT2D eigenvalue weighted by molar-refractivity contribution is 5.94. The first-order chi connectivity index (χ1) is 12.6. The number of nitrogens with one attached hydrogen (secondary N) is 1. The van der Waals surface area contributed by atoms with Crippen molar-refractivity contribution >= 4 is 5.91 Å². The monoisotopic (exact) mass is 354 g/mol. The molecule has 3 rings (SSSR count). The molecule has 1 amide bonds. The highest BCUT2D eigenvalue weighted by Crippen LogP contribution is 2.19. The summed E-state index contributed by atoms with van der Waals surface area (Å²) in [6.07, 6.45) is 2.42. The molecule has 0 saturated carbocycles. The third kappa shape index (κ3) is 4.99. The van der Waals surface area contributed by atoms with Gasteiger partial charge in [0.25, 0.3) is 5.91 Å². The standard InChI is InChI=1S/C21H26N2O3/c1-23-12-10-19(11-13-23)26-18-8-6-16(7-9-18)15-22-21(24)17-4-3-5-20(14-17)25-2/h3-9,14,19H,10-13,15H2,1-2H3,(H,22,24). The lowest BCUT2D eigenvalue weighted by molar-refractivity contribution is 0.0950. The smallest absolute Gasteiger partial charge is 0.251 e. The van der Waals surface area contributed by atoms with E-state index in [1.165, 1.54) is 0 Å². The summed E-state index contributed by atoms with van der Waals surface area (Å²) in [5.41, 5.74) is 1.63. The van der Waals surface area contributed by atoms with E-state index in [2.05, 4.69) is 17.3 Å². The van der Waals surface area contributed by atoms with Crippen molar-refractivity contribution in [2.75, 3.05) is 27.2 Å². The Hall–Kier alpha value is -2.53. The van der Waals surface area contributed by atoms with Gasteiger partial charge < -0.3 is 19.7 Å². The van der Waals surface area contributed by atoms with E-state index in [1.54, 1.807) is 19.2 Å². The Balaban J connectivity index is 1.50. The summed E-state index contributed by atoms with van der Waals surface area (Å²) >= 11 is 0. The first kappa shape index (κ1) is 18.3. The molecular weight excluding hydrogens is 328 g/mol. The lowest BCUT2D eigenvalue weighted by Gasteiger charge is -2.29. The van der Waals surface area contributed by atoms with E-state index < -0.39 is 0 Å². The number of likely N-dealkylation sites (tertiary alicyclic amines) is 1. The first-order valence-corrected chi connectivity index (χ1v) is 9.00. The first-order valence-electron chi connectivity index (χ1n) is 9.00. The number of amides is 1. The molecule has 1 saturated heterocycles. The fourth-order valence-corrected chi connectivity index (χ4v) is 3.03. The molecule has 1 heterocycles. The predicted molar refractivity (Wildman–Crippen MR) is 102 cm³/mol. The third-order valence-electron chi connectivity index (χ3n) is 4.68. The van der Waals surface area contributed by atoms with Crippen LogP contribution in [0.5, 0.6) is 11.5 Å². The van der Waals surface area contributed by atoms with Gasteiger partial charge >= 0.3 is 0 Å². The maximum absolute atomic E-state index is 12.2. The molecule has 0 radical (unpaired) electrons. The molecule has 2 aromatic carbocycles. The highest BCUT2D eigenvalue weighted by Gasteiger charge is 2.17. The number of methoxy groups -OCH3 is 1. The van der Waals surface area contributed by atoms with Gasteiger partial charge in [0.05, 0.1) is 7.11 Å². The summed E-state index contributed by atoms with van der Waals surface area (Å²) < 4.78 is 11.2. The second kappa shape index (κ2) is 8.72. The lowest BCUT2D eigenvalue weighted by Crippen LogP contribution is -2.35. The molecule has 1 fully saturated rings. The van der Waals surface area contributed by atoms with Crippen LogP contribution in [0.15, 0.2) is 48.5 Å². The van der Waals surface area contributed by atoms with Crippen LogP contribution < -0.4 is 14.8 Å². The number of piperidine rings is 1. The zero-order valence-corrected chi connectivity index (χ0v) is 15.4. The van der Waals surface area contributed by atoms with E-state index in [4.69, 9.17) is 9.47 Å². The van der Waals surface area contributed by atoms with E-state index in [1.807, 2.05) is 36.4 Å². The predicted octanol–water partition coefficient (Wildman–Crippen LogP) is 3.10. The molecule has 1 N–H and O–H groups in total. The molecule has 5 nitrogen and oxygen atoms in total. The molecule has 0 aromatic heterocycles. The third-order valence-corrected chi connectivity index (χ3v) is 4.68. The molecule has 138 valence electrons. The van der Waals surface area contributed by atoms with Crippen molar-refractivity contribution in [3.05, 3.63) is 59.7 Å². The van der Waals surface area contributed by atoms with E-state index in [0.717, 1.165) is 37.2 Å². The molecule has 0 aliphatic carbocycles. The summed E-state index contributed by atoms with van der Waals surface area (Å²) in [7, 11) is 3.73. The van der Waals surface area contributed by atoms with Gasteiger partial charge in [-0.2, -0.15) is 0 Å². The van der Waals surface area contributed by atoms with Crippen LogP contribution in [0, 0.1) is 0 Å². The van der Waals surface area contributed by atoms with Crippen molar-refractivity contribution in [3.8, 4) is 11.5 Å². The Labute approximate surface area is 154 Å². The molecule has 1 aliphatic rings. The molecule has 1 aliphatic heterocycles. The Morgan fingerprint density at radius 2 is 1.85 bits per heavy atom. The molecule has 5 heteroatoms. The number of rotatable bonds is 6. The lowest BCUT2D eigenvalue weighted by atomic mass is 10.1. The summed E-state index contributed by atoms with van der Waals surface area (Å²) in [4.78, 5) is 14.6. The minimum atomic E-state index is -0.115. The second-order valence-corrected chi connectivity index (χ2v) is 6.68. The quantitative estimate of drug-likeness (QED) is 0.866. The number of carbonyl (C=O) groups excluding carboxylic acids is 1. The van der Waals surface area contributed by atoms with Crippen LogP contribution >= 0.6 is 0 Å². The van der Waals surface area contributed by atoms with Crippen LogP contribution in [0.2, 0.25) is 0 Å². The Morgan fingerprint density at radius 1 is 1.12 bits per heavy atom. The maximum atomic E-state index is 12.2. The van der Waals surface area contributed by atoms with Crippen LogP contribution in [0.25, 0.3) is 0 Å². The van der Waals surface area contributed by atoms with Gasteiger partial charge in [0.1, 0.15) is 17.6 Å². The van der Waals surface area contributed by atoms with Crippen molar-refractivity contribution in [1.29, 1.82) is 0 Å². The Bertz CT molecular complexity index is 722. The zero-order chi connectivity index (χ0) is 18.4. The molecule has 26 heavy (non-hydrogen) atoms. The molecule has 0 spiro atoms. The van der Waals surface area contributed by atoms with Gasteiger partial charge in [-0.25, -0.2) is 0 Å². The molecule has 2 aromatic rings. The zero-order valence-electron chi connectivity index (χ0n) is 15.4. The van der Waals surface area contributed by atoms with Crippen molar-refractivity contribution in [2.24, 2.45) is 0 Å². The number of ether oxygens (including phenoxy) is 2. The fourth-order valence-electron chi connectivity index (χ4n) is 3.03. The number of benzene rings is 2. The molecule has 0 atom stereocenters. The fraction of sp³-hybridized carbons (Fsp3) is 0.381. The number of nitrogens with zero attached hydrogens (tertiary/aromatic N) is 1. The SMILES string of the molecule is COc1cccc(C(=O)NCc2ccc(OC3CCN(C)CC3)cc2)c1. The van der Waals surface area contributed by atoms with Crippen molar-refractivity contribution < 1.29 is 14.3 Å². The van der Waals surface area contributed by atoms with Crippen LogP contribution in [0.3, 0.4) is 0 Å². The minimum absolute atomic E-state index is 0.115. The largest absolute Gasteiger partial charge is 0.497 e. The summed E-state index contributed by atoms with van der Waals surface area (Å²) in [6, 6.07) is 15.1. The van der Waals surface area contributed by atoms with E-state index in [9.17, 15) is 4.79 Å². The summed E-state index contributed by atoms with van der Waals surface area (Å²) in [5.74, 6) is 1.45. The van der Waals surface area contributed by atoms with Crippen molar-refractivity contribution in [2.45, 2.75) is 25.5 Å². The van der Waals surface area contributed by atoms with Crippen LogP contribution in [-0.2, 0) is 6.54 Å². The number of hydrogen-bond donors (Lipinski definition) is 1. The van der Waals surface area contributed by atoms with E-state index in [-0.39, 0.29) is 5.91 Å². The second-order valence-electron chi connectivity index (χ2n) is 6.68. The average Bonchev–Trinajstić information content (AvgIpc) is 2.69. The molecule has 0 bridgehead atoms. The van der Waals surface area contributed by atoms with Crippen molar-refractivity contribution in [3.63, 3.8) is 0 Å². The summed E-state index contributed by atoms with van der Waals surface area (Å²) in [5, 5.41) is 2.93. The van der Waals surface area contributed by atoms with Gasteiger partial charge in [-0.05, 0) is 55.8 Å². The average molecular weight is 354 g/mol. The number of hydrogen-bond acceptors (Lipinski definition) is 4. The number of carbonyl (C=O) groups is 1. The van der Waals surface area contributed by atoms with E-state index >= 15 is 0 Å². The van der Waals surface area contributed by atoms with Gasteiger partial charge in [0.2, 0.25) is 0 Å². The van der Waals surface area contributed by atoms with Crippen LogP contribution in [0.1, 0.15) is 28.8 Å². The van der Waals surface area contributed by atoms with Crippen molar-refractivity contribution in [1.82, 2.24) is 10.2 Å². The van der Waals surface area contributed by atoms with Gasteiger partial charge in [-0.15, -0.1) is 0 Å². The van der Waals surface area contributed by atoms with Gasteiger partial charge in [0.15, 0.2) is 0 Å². The Kier molecular flexibility index (Phi) is 6.12. The molecular formula is C21H26N2O3. The minimum Gasteiger partial charge on any atom is -0.497 e. The van der Waals surface area contributed by atoms with Crippen LogP contribution in [0.4, 0.5) is 0 Å². The summed E-state index contributed by atoms with van der Waals surface area (Å²) in [6.45, 7) is 2.64.